The van der Waals surface area contributed by atoms with Crippen molar-refractivity contribution in [3.05, 3.63) is 51.2 Å². The molecule has 0 saturated heterocycles. The van der Waals surface area contributed by atoms with Crippen LogP contribution < -0.4 is 15.6 Å². The second kappa shape index (κ2) is 9.05. The normalized spacial score (nSPS) is 10.0. The molecule has 2 amide bonds. The van der Waals surface area contributed by atoms with E-state index in [0.29, 0.717) is 10.8 Å². The Bertz CT molecular complexity index is 764. The first kappa shape index (κ1) is 18.8. The molecule has 0 saturated carbocycles. The molecule has 2 rings (SSSR count). The molecule has 0 radical (unpaired) electrons. The fourth-order valence-corrected chi connectivity index (χ4v) is 2.70. The predicted molar refractivity (Wildman–Crippen MR) is 92.6 cm³/mol. The summed E-state index contributed by atoms with van der Waals surface area (Å²) < 4.78 is 9.89. The summed E-state index contributed by atoms with van der Waals surface area (Å²) in [5, 5.41) is 2.19. The van der Waals surface area contributed by atoms with E-state index in [1.807, 2.05) is 11.4 Å². The van der Waals surface area contributed by atoms with Crippen LogP contribution in [0.15, 0.2) is 35.7 Å². The van der Waals surface area contributed by atoms with E-state index in [0.717, 1.165) is 4.88 Å². The third kappa shape index (κ3) is 5.77. The fraction of sp³-hybridized carbons (Fsp3) is 0.188. The first-order valence-corrected chi connectivity index (χ1v) is 8.36. The number of thiophene rings is 1. The van der Waals surface area contributed by atoms with Crippen molar-refractivity contribution in [1.82, 2.24) is 10.9 Å². The maximum Gasteiger partial charge on any atom is 0.311 e. The molecule has 1 heterocycles. The number of nitrogens with one attached hydrogen (secondary N) is 2. The Hall–Kier alpha value is -2.58. The highest BCUT2D eigenvalue weighted by molar-refractivity contribution is 7.10. The average molecular weight is 383 g/mol. The van der Waals surface area contributed by atoms with Crippen LogP contribution in [0, 0.1) is 0 Å². The maximum absolute atomic E-state index is 12.1. The number of carbonyl (C=O) groups excluding carboxylic acids is 3. The van der Waals surface area contributed by atoms with E-state index in [1.165, 1.54) is 30.6 Å². The summed E-state index contributed by atoms with van der Waals surface area (Å²) in [5.74, 6) is -1.51. The average Bonchev–Trinajstić information content (AvgIpc) is 3.10. The summed E-state index contributed by atoms with van der Waals surface area (Å²) in [4.78, 5) is 36.1. The van der Waals surface area contributed by atoms with Crippen molar-refractivity contribution in [2.45, 2.75) is 6.42 Å². The van der Waals surface area contributed by atoms with Gasteiger partial charge in [-0.25, -0.2) is 0 Å². The molecule has 0 aliphatic heterocycles. The number of carbonyl (C=O) groups is 3. The summed E-state index contributed by atoms with van der Waals surface area (Å²) in [6.07, 6.45) is 0.0943. The Morgan fingerprint density at radius 1 is 1.20 bits per heavy atom. The van der Waals surface area contributed by atoms with E-state index < -0.39 is 24.4 Å². The highest BCUT2D eigenvalue weighted by Crippen LogP contribution is 2.22. The molecule has 0 atom stereocenters. The first-order valence-electron chi connectivity index (χ1n) is 7.10. The van der Waals surface area contributed by atoms with Gasteiger partial charge in [0.2, 0.25) is 0 Å². The molecule has 132 valence electrons. The third-order valence-electron chi connectivity index (χ3n) is 2.98. The van der Waals surface area contributed by atoms with Gasteiger partial charge in [-0.2, -0.15) is 0 Å². The van der Waals surface area contributed by atoms with Crippen LogP contribution in [-0.4, -0.2) is 31.5 Å². The summed E-state index contributed by atoms with van der Waals surface area (Å²) >= 11 is 7.26. The molecule has 0 aliphatic carbocycles. The highest BCUT2D eigenvalue weighted by Gasteiger charge is 2.14. The minimum atomic E-state index is -0.672. The third-order valence-corrected chi connectivity index (χ3v) is 4.10. The van der Waals surface area contributed by atoms with Gasteiger partial charge in [0, 0.05) is 9.90 Å². The molecule has 0 unspecified atom stereocenters. The van der Waals surface area contributed by atoms with Crippen LogP contribution in [0.5, 0.6) is 5.75 Å². The van der Waals surface area contributed by atoms with Gasteiger partial charge in [0.25, 0.3) is 11.8 Å². The Labute approximate surface area is 152 Å². The van der Waals surface area contributed by atoms with Crippen molar-refractivity contribution >= 4 is 40.7 Å². The zero-order valence-corrected chi connectivity index (χ0v) is 14.8. The van der Waals surface area contributed by atoms with E-state index in [4.69, 9.17) is 21.1 Å². The minimum Gasteiger partial charge on any atom is -0.496 e. The molecule has 0 spiro atoms. The van der Waals surface area contributed by atoms with Gasteiger partial charge in [0.1, 0.15) is 5.75 Å². The van der Waals surface area contributed by atoms with E-state index in [2.05, 4.69) is 10.9 Å². The van der Waals surface area contributed by atoms with Crippen LogP contribution in [0.25, 0.3) is 0 Å². The molecular weight excluding hydrogens is 368 g/mol. The fourth-order valence-electron chi connectivity index (χ4n) is 1.84. The number of benzene rings is 1. The van der Waals surface area contributed by atoms with Crippen LogP contribution in [0.3, 0.4) is 0 Å². The molecule has 9 heteroatoms. The Kier molecular flexibility index (Phi) is 6.79. The van der Waals surface area contributed by atoms with Crippen molar-refractivity contribution in [2.24, 2.45) is 0 Å². The van der Waals surface area contributed by atoms with Crippen molar-refractivity contribution < 1.29 is 23.9 Å². The van der Waals surface area contributed by atoms with E-state index >= 15 is 0 Å². The molecule has 1 aromatic heterocycles. The van der Waals surface area contributed by atoms with E-state index in [9.17, 15) is 14.4 Å². The Balaban J connectivity index is 1.78. The number of ether oxygens (including phenoxy) is 2. The van der Waals surface area contributed by atoms with Crippen molar-refractivity contribution in [2.75, 3.05) is 13.7 Å². The number of hydrogen-bond acceptors (Lipinski definition) is 6. The molecule has 25 heavy (non-hydrogen) atoms. The van der Waals surface area contributed by atoms with Gasteiger partial charge >= 0.3 is 5.97 Å². The van der Waals surface area contributed by atoms with E-state index in [1.54, 1.807) is 12.1 Å². The Morgan fingerprint density at radius 3 is 2.68 bits per heavy atom. The van der Waals surface area contributed by atoms with Gasteiger partial charge in [-0.1, -0.05) is 17.7 Å². The van der Waals surface area contributed by atoms with Gasteiger partial charge in [-0.15, -0.1) is 11.3 Å². The second-order valence-electron chi connectivity index (χ2n) is 4.76. The predicted octanol–water partition coefficient (Wildman–Crippen LogP) is 1.96. The molecule has 2 N–H and O–H groups in total. The molecule has 7 nitrogen and oxygen atoms in total. The monoisotopic (exact) mass is 382 g/mol. The smallest absolute Gasteiger partial charge is 0.311 e. The van der Waals surface area contributed by atoms with Gasteiger partial charge < -0.3 is 9.47 Å². The molecule has 0 aliphatic rings. The molecule has 1 aromatic carbocycles. The quantitative estimate of drug-likeness (QED) is 0.588. The number of methoxy groups -OCH3 is 1. The van der Waals surface area contributed by atoms with Gasteiger partial charge in [-0.05, 0) is 29.6 Å². The summed E-state index contributed by atoms with van der Waals surface area (Å²) in [6.45, 7) is -0.503. The van der Waals surface area contributed by atoms with Crippen LogP contribution in [0.1, 0.15) is 15.2 Å². The zero-order chi connectivity index (χ0) is 18.2. The van der Waals surface area contributed by atoms with Gasteiger partial charge in [-0.3, -0.25) is 25.2 Å². The van der Waals surface area contributed by atoms with Crippen molar-refractivity contribution in [3.63, 3.8) is 0 Å². The zero-order valence-electron chi connectivity index (χ0n) is 13.2. The highest BCUT2D eigenvalue weighted by atomic mass is 35.5. The molecule has 2 aromatic rings. The number of halogens is 1. The van der Waals surface area contributed by atoms with Crippen LogP contribution in [-0.2, 0) is 20.7 Å². The minimum absolute atomic E-state index is 0.0943. The van der Waals surface area contributed by atoms with E-state index in [-0.39, 0.29) is 12.0 Å². The number of amides is 2. The lowest BCUT2D eigenvalue weighted by molar-refractivity contribution is -0.148. The van der Waals surface area contributed by atoms with Crippen LogP contribution >= 0.6 is 22.9 Å². The molecule has 0 fully saturated rings. The van der Waals surface area contributed by atoms with Crippen LogP contribution in [0.2, 0.25) is 5.02 Å². The van der Waals surface area contributed by atoms with Crippen molar-refractivity contribution in [3.8, 4) is 5.75 Å². The first-order chi connectivity index (χ1) is 12.0. The summed E-state index contributed by atoms with van der Waals surface area (Å²) in [6, 6.07) is 8.13. The van der Waals surface area contributed by atoms with Crippen molar-refractivity contribution in [1.29, 1.82) is 0 Å². The lowest BCUT2D eigenvalue weighted by atomic mass is 10.2. The van der Waals surface area contributed by atoms with Gasteiger partial charge in [0.15, 0.2) is 6.61 Å². The topological polar surface area (TPSA) is 93.7 Å². The molecule has 0 bridgehead atoms. The number of esters is 1. The lowest BCUT2D eigenvalue weighted by Gasteiger charge is -2.11. The number of hydrazine groups is 1. The van der Waals surface area contributed by atoms with Crippen LogP contribution in [0.4, 0.5) is 0 Å². The largest absolute Gasteiger partial charge is 0.496 e. The summed E-state index contributed by atoms with van der Waals surface area (Å²) in [5.41, 5.74) is 4.52. The standard InChI is InChI=1S/C16H15ClN2O5S/c1-23-13-5-4-10(17)7-12(13)16(22)19-18-14(20)9-24-15(21)8-11-3-2-6-25-11/h2-7H,8-9H2,1H3,(H,18,20)(H,19,22). The second-order valence-corrected chi connectivity index (χ2v) is 6.23. The number of hydrogen-bond donors (Lipinski definition) is 2. The molecular formula is C16H15ClN2O5S. The number of rotatable bonds is 6. The van der Waals surface area contributed by atoms with Gasteiger partial charge in [0.05, 0.1) is 19.1 Å². The maximum atomic E-state index is 12.1. The lowest BCUT2D eigenvalue weighted by Crippen LogP contribution is -2.43. The Morgan fingerprint density at radius 2 is 2.00 bits per heavy atom. The summed E-state index contributed by atoms with van der Waals surface area (Å²) in [7, 11) is 1.41. The SMILES string of the molecule is COc1ccc(Cl)cc1C(=O)NNC(=O)COC(=O)Cc1cccs1.